The molecule has 2 aromatic rings. The van der Waals surface area contributed by atoms with Crippen LogP contribution in [-0.4, -0.2) is 57.3 Å². The van der Waals surface area contributed by atoms with Gasteiger partial charge in [-0.15, -0.1) is 0 Å². The number of furan rings is 1. The van der Waals surface area contributed by atoms with Crippen molar-refractivity contribution in [1.29, 1.82) is 0 Å². The SMILES string of the molecule is O=C(C[NH+]1CCN(S(=O)(=O)c2ccc(F)cc2)CC1)NNC(=O)c1ccco1. The summed E-state index contributed by atoms with van der Waals surface area (Å²) in [5.41, 5.74) is 4.55. The maximum atomic E-state index is 13.0. The largest absolute Gasteiger partial charge is 0.459 e. The summed E-state index contributed by atoms with van der Waals surface area (Å²) in [7, 11) is -3.69. The molecule has 1 saturated heterocycles. The van der Waals surface area contributed by atoms with E-state index in [1.165, 1.54) is 28.8 Å². The lowest BCUT2D eigenvalue weighted by molar-refractivity contribution is -0.895. The maximum absolute atomic E-state index is 13.0. The van der Waals surface area contributed by atoms with E-state index in [2.05, 4.69) is 10.9 Å². The van der Waals surface area contributed by atoms with Gasteiger partial charge in [0, 0.05) is 0 Å². The molecule has 1 fully saturated rings. The van der Waals surface area contributed by atoms with Crippen molar-refractivity contribution >= 4 is 21.8 Å². The maximum Gasteiger partial charge on any atom is 0.305 e. The summed E-state index contributed by atoms with van der Waals surface area (Å²) in [4.78, 5) is 24.6. The number of hydrazine groups is 1. The number of rotatable bonds is 5. The molecule has 0 aliphatic carbocycles. The Labute approximate surface area is 161 Å². The monoisotopic (exact) mass is 411 g/mol. The Morgan fingerprint density at radius 1 is 1.11 bits per heavy atom. The number of hydrogen-bond acceptors (Lipinski definition) is 5. The van der Waals surface area contributed by atoms with Gasteiger partial charge in [-0.05, 0) is 36.4 Å². The van der Waals surface area contributed by atoms with Crippen molar-refractivity contribution in [3.63, 3.8) is 0 Å². The second kappa shape index (κ2) is 8.50. The first kappa shape index (κ1) is 20.0. The van der Waals surface area contributed by atoms with Crippen LogP contribution in [0.1, 0.15) is 10.6 Å². The molecule has 1 aliphatic heterocycles. The number of piperazine rings is 1. The van der Waals surface area contributed by atoms with Crippen molar-refractivity contribution < 1.29 is 31.7 Å². The van der Waals surface area contributed by atoms with Gasteiger partial charge in [-0.3, -0.25) is 20.4 Å². The van der Waals surface area contributed by atoms with Crippen LogP contribution in [0.5, 0.6) is 0 Å². The fraction of sp³-hybridized carbons (Fsp3) is 0.294. The minimum atomic E-state index is -3.69. The van der Waals surface area contributed by atoms with Gasteiger partial charge in [0.1, 0.15) is 5.82 Å². The van der Waals surface area contributed by atoms with E-state index in [0.717, 1.165) is 17.0 Å². The Morgan fingerprint density at radius 2 is 1.79 bits per heavy atom. The van der Waals surface area contributed by atoms with Gasteiger partial charge in [-0.2, -0.15) is 4.31 Å². The van der Waals surface area contributed by atoms with E-state index in [1.807, 2.05) is 0 Å². The van der Waals surface area contributed by atoms with Crippen LogP contribution < -0.4 is 15.8 Å². The molecule has 28 heavy (non-hydrogen) atoms. The number of nitrogens with zero attached hydrogens (tertiary/aromatic N) is 1. The third-order valence-corrected chi connectivity index (χ3v) is 6.26. The molecule has 3 rings (SSSR count). The Morgan fingerprint density at radius 3 is 2.39 bits per heavy atom. The first-order chi connectivity index (χ1) is 13.4. The Kier molecular flexibility index (Phi) is 6.07. The van der Waals surface area contributed by atoms with Crippen LogP contribution in [0.15, 0.2) is 52.0 Å². The molecule has 0 bridgehead atoms. The molecular formula is C17H20FN4O5S+. The van der Waals surface area contributed by atoms with Crippen LogP contribution >= 0.6 is 0 Å². The summed E-state index contributed by atoms with van der Waals surface area (Å²) >= 11 is 0. The van der Waals surface area contributed by atoms with E-state index in [-0.39, 0.29) is 30.3 Å². The Hall–Kier alpha value is -2.76. The fourth-order valence-electron chi connectivity index (χ4n) is 2.84. The van der Waals surface area contributed by atoms with E-state index in [1.54, 1.807) is 6.07 Å². The topological polar surface area (TPSA) is 113 Å². The van der Waals surface area contributed by atoms with Gasteiger partial charge in [0.05, 0.1) is 37.3 Å². The number of carbonyl (C=O) groups is 2. The van der Waals surface area contributed by atoms with Crippen LogP contribution in [0.25, 0.3) is 0 Å². The van der Waals surface area contributed by atoms with Gasteiger partial charge >= 0.3 is 5.91 Å². The highest BCUT2D eigenvalue weighted by Crippen LogP contribution is 2.15. The first-order valence-electron chi connectivity index (χ1n) is 8.58. The highest BCUT2D eigenvalue weighted by Gasteiger charge is 2.31. The standard InChI is InChI=1S/C17H19FN4O5S/c18-13-3-5-14(6-4-13)28(25,26)22-9-7-21(8-10-22)12-16(23)19-20-17(24)15-2-1-11-27-15/h1-6,11H,7-10,12H2,(H,19,23)(H,20,24)/p+1. The summed E-state index contributed by atoms with van der Waals surface area (Å²) in [6.07, 6.45) is 1.35. The molecule has 9 nitrogen and oxygen atoms in total. The first-order valence-corrected chi connectivity index (χ1v) is 10.0. The second-order valence-electron chi connectivity index (χ2n) is 6.26. The molecule has 0 atom stereocenters. The van der Waals surface area contributed by atoms with Crippen LogP contribution in [0.2, 0.25) is 0 Å². The summed E-state index contributed by atoms with van der Waals surface area (Å²) in [6.45, 7) is 1.42. The van der Waals surface area contributed by atoms with Gasteiger partial charge in [0.2, 0.25) is 10.0 Å². The second-order valence-corrected chi connectivity index (χ2v) is 8.20. The summed E-state index contributed by atoms with van der Waals surface area (Å²) in [5, 5.41) is 0. The average molecular weight is 411 g/mol. The normalized spacial score (nSPS) is 15.9. The molecule has 2 amide bonds. The molecule has 150 valence electrons. The number of sulfonamides is 1. The summed E-state index contributed by atoms with van der Waals surface area (Å²) in [5.74, 6) is -1.39. The van der Waals surface area contributed by atoms with Crippen molar-refractivity contribution in [2.24, 2.45) is 0 Å². The molecule has 11 heteroatoms. The van der Waals surface area contributed by atoms with E-state index in [4.69, 9.17) is 4.42 Å². The average Bonchev–Trinajstić information content (AvgIpc) is 3.22. The summed E-state index contributed by atoms with van der Waals surface area (Å²) in [6, 6.07) is 7.71. The Bertz CT molecular complexity index is 923. The molecule has 1 aromatic carbocycles. The van der Waals surface area contributed by atoms with Gasteiger partial charge in [-0.1, -0.05) is 0 Å². The Balaban J connectivity index is 1.46. The number of hydrogen-bond donors (Lipinski definition) is 3. The van der Waals surface area contributed by atoms with Crippen molar-refractivity contribution in [3.8, 4) is 0 Å². The smallest absolute Gasteiger partial charge is 0.305 e. The molecule has 1 aliphatic rings. The lowest BCUT2D eigenvalue weighted by Crippen LogP contribution is -3.16. The molecule has 0 saturated carbocycles. The third kappa shape index (κ3) is 4.74. The van der Waals surface area contributed by atoms with Gasteiger partial charge < -0.3 is 9.32 Å². The zero-order valence-corrected chi connectivity index (χ0v) is 15.7. The van der Waals surface area contributed by atoms with Crippen molar-refractivity contribution in [1.82, 2.24) is 15.2 Å². The highest BCUT2D eigenvalue weighted by atomic mass is 32.2. The predicted octanol–water partition coefficient (Wildman–Crippen LogP) is -1.23. The number of halogens is 1. The zero-order valence-electron chi connectivity index (χ0n) is 14.9. The quantitative estimate of drug-likeness (QED) is 0.534. The fourth-order valence-corrected chi connectivity index (χ4v) is 4.28. The molecule has 0 spiro atoms. The van der Waals surface area contributed by atoms with Gasteiger partial charge in [0.25, 0.3) is 5.91 Å². The van der Waals surface area contributed by atoms with E-state index in [0.29, 0.717) is 13.1 Å². The lowest BCUT2D eigenvalue weighted by atomic mass is 10.3. The molecular weight excluding hydrogens is 391 g/mol. The molecule has 3 N–H and O–H groups in total. The lowest BCUT2D eigenvalue weighted by Gasteiger charge is -2.31. The van der Waals surface area contributed by atoms with Gasteiger partial charge in [0.15, 0.2) is 12.3 Å². The predicted molar refractivity (Wildman–Crippen MR) is 95.0 cm³/mol. The number of quaternary nitrogens is 1. The number of benzene rings is 1. The highest BCUT2D eigenvalue weighted by molar-refractivity contribution is 7.89. The van der Waals surface area contributed by atoms with Crippen molar-refractivity contribution in [2.45, 2.75) is 4.90 Å². The number of amides is 2. The molecule has 0 radical (unpaired) electrons. The minimum Gasteiger partial charge on any atom is -0.459 e. The van der Waals surface area contributed by atoms with E-state index < -0.39 is 27.7 Å². The van der Waals surface area contributed by atoms with Crippen molar-refractivity contribution in [2.75, 3.05) is 32.7 Å². The van der Waals surface area contributed by atoms with E-state index >= 15 is 0 Å². The number of nitrogens with one attached hydrogen (secondary N) is 3. The molecule has 2 heterocycles. The molecule has 1 aromatic heterocycles. The van der Waals surface area contributed by atoms with Crippen LogP contribution in [0, 0.1) is 5.82 Å². The van der Waals surface area contributed by atoms with E-state index in [9.17, 15) is 22.4 Å². The van der Waals surface area contributed by atoms with Crippen molar-refractivity contribution in [3.05, 3.63) is 54.2 Å². The van der Waals surface area contributed by atoms with Crippen LogP contribution in [0.4, 0.5) is 4.39 Å². The minimum absolute atomic E-state index is 0.0377. The van der Waals surface area contributed by atoms with Crippen LogP contribution in [-0.2, 0) is 14.8 Å². The number of carbonyl (C=O) groups excluding carboxylic acids is 2. The molecule has 0 unspecified atom stereocenters. The van der Waals surface area contributed by atoms with Gasteiger partial charge in [-0.25, -0.2) is 12.8 Å². The zero-order chi connectivity index (χ0) is 20.1. The third-order valence-electron chi connectivity index (χ3n) is 4.35. The van der Waals surface area contributed by atoms with Crippen LogP contribution in [0.3, 0.4) is 0 Å². The summed E-state index contributed by atoms with van der Waals surface area (Å²) < 4.78 is 44.4.